The highest BCUT2D eigenvalue weighted by Crippen LogP contribution is 2.26. The van der Waals surface area contributed by atoms with Gasteiger partial charge in [0.15, 0.2) is 0 Å². The fourth-order valence-electron chi connectivity index (χ4n) is 4.35. The summed E-state index contributed by atoms with van der Waals surface area (Å²) in [7, 11) is 0. The third-order valence-corrected chi connectivity index (χ3v) is 5.98. The van der Waals surface area contributed by atoms with Gasteiger partial charge in [0.25, 0.3) is 0 Å². The molecule has 2 fully saturated rings. The maximum atomic E-state index is 13.4. The maximum Gasteiger partial charge on any atom is 0.242 e. The smallest absolute Gasteiger partial charge is 0.242 e. The van der Waals surface area contributed by atoms with E-state index in [0.29, 0.717) is 13.0 Å². The van der Waals surface area contributed by atoms with Gasteiger partial charge in [-0.25, -0.2) is 4.39 Å². The van der Waals surface area contributed by atoms with Crippen LogP contribution in [-0.2, 0) is 16.1 Å². The highest BCUT2D eigenvalue weighted by molar-refractivity contribution is 5.95. The van der Waals surface area contributed by atoms with Crippen molar-refractivity contribution in [3.63, 3.8) is 0 Å². The fraction of sp³-hybridized carbons (Fsp3) is 0.417. The van der Waals surface area contributed by atoms with Gasteiger partial charge in [0.1, 0.15) is 11.9 Å². The summed E-state index contributed by atoms with van der Waals surface area (Å²) >= 11 is 0. The summed E-state index contributed by atoms with van der Waals surface area (Å²) in [5.74, 6) is -0.199. The lowest BCUT2D eigenvalue weighted by Gasteiger charge is -2.34. The van der Waals surface area contributed by atoms with E-state index in [2.05, 4.69) is 10.2 Å². The number of likely N-dealkylation sites (tertiary alicyclic amines) is 1. The fourth-order valence-corrected chi connectivity index (χ4v) is 4.35. The second-order valence-electron chi connectivity index (χ2n) is 8.08. The molecule has 30 heavy (non-hydrogen) atoms. The van der Waals surface area contributed by atoms with Crippen LogP contribution >= 0.6 is 0 Å². The van der Waals surface area contributed by atoms with E-state index in [1.54, 1.807) is 12.1 Å². The lowest BCUT2D eigenvalue weighted by Crippen LogP contribution is -2.42. The lowest BCUT2D eigenvalue weighted by atomic mass is 10.0. The van der Waals surface area contributed by atoms with E-state index < -0.39 is 6.04 Å². The van der Waals surface area contributed by atoms with Gasteiger partial charge in [-0.15, -0.1) is 0 Å². The highest BCUT2D eigenvalue weighted by Gasteiger charge is 2.28. The van der Waals surface area contributed by atoms with Gasteiger partial charge in [-0.3, -0.25) is 14.5 Å². The molecule has 2 aromatic rings. The van der Waals surface area contributed by atoms with Gasteiger partial charge in [-0.1, -0.05) is 30.7 Å². The van der Waals surface area contributed by atoms with Crippen molar-refractivity contribution in [3.05, 3.63) is 65.5 Å². The first-order valence-corrected chi connectivity index (χ1v) is 10.8. The first-order valence-electron chi connectivity index (χ1n) is 10.8. The Morgan fingerprint density at radius 2 is 1.63 bits per heavy atom. The summed E-state index contributed by atoms with van der Waals surface area (Å²) in [6, 6.07) is 13.6. The molecule has 5 nitrogen and oxygen atoms in total. The second-order valence-corrected chi connectivity index (χ2v) is 8.08. The minimum absolute atomic E-state index is 0.0673. The summed E-state index contributed by atoms with van der Waals surface area (Å²) in [5, 5.41) is 3.05. The van der Waals surface area contributed by atoms with Crippen molar-refractivity contribution in [2.45, 2.75) is 44.7 Å². The number of halogens is 1. The van der Waals surface area contributed by atoms with Crippen LogP contribution in [0.3, 0.4) is 0 Å². The zero-order valence-corrected chi connectivity index (χ0v) is 17.1. The molecule has 2 aliphatic rings. The third kappa shape index (κ3) is 4.70. The van der Waals surface area contributed by atoms with E-state index in [4.69, 9.17) is 0 Å². The van der Waals surface area contributed by atoms with Gasteiger partial charge in [0.05, 0.1) is 0 Å². The number of piperidine rings is 1. The minimum atomic E-state index is -0.410. The van der Waals surface area contributed by atoms with Crippen molar-refractivity contribution in [1.82, 2.24) is 10.2 Å². The number of hydrogen-bond acceptors (Lipinski definition) is 3. The number of carbonyl (C=O) groups is 2. The normalized spacial score (nSPS) is 18.4. The molecular weight excluding hydrogens is 381 g/mol. The maximum absolute atomic E-state index is 13.4. The monoisotopic (exact) mass is 409 g/mol. The number of nitrogens with one attached hydrogen (secondary N) is 1. The molecule has 0 spiro atoms. The van der Waals surface area contributed by atoms with E-state index in [9.17, 15) is 14.0 Å². The van der Waals surface area contributed by atoms with Crippen molar-refractivity contribution >= 4 is 17.5 Å². The number of anilines is 1. The Morgan fingerprint density at radius 1 is 0.933 bits per heavy atom. The Kier molecular flexibility index (Phi) is 6.43. The van der Waals surface area contributed by atoms with E-state index in [1.165, 1.54) is 18.6 Å². The van der Waals surface area contributed by atoms with E-state index >= 15 is 0 Å². The Morgan fingerprint density at radius 3 is 2.27 bits per heavy atom. The predicted molar refractivity (Wildman–Crippen MR) is 114 cm³/mol. The van der Waals surface area contributed by atoms with E-state index in [-0.39, 0.29) is 17.6 Å². The number of carbonyl (C=O) groups excluding carboxylic acids is 2. The molecule has 1 atom stereocenters. The largest absolute Gasteiger partial charge is 0.350 e. The first kappa shape index (κ1) is 20.5. The van der Waals surface area contributed by atoms with Crippen molar-refractivity contribution in [3.8, 4) is 0 Å². The van der Waals surface area contributed by atoms with Crippen LogP contribution in [0.1, 0.15) is 49.3 Å². The van der Waals surface area contributed by atoms with Crippen LogP contribution in [0.2, 0.25) is 0 Å². The summed E-state index contributed by atoms with van der Waals surface area (Å²) in [5.41, 5.74) is 2.71. The van der Waals surface area contributed by atoms with Crippen LogP contribution in [-0.4, -0.2) is 36.3 Å². The van der Waals surface area contributed by atoms with Crippen LogP contribution in [0.15, 0.2) is 48.5 Å². The zero-order valence-electron chi connectivity index (χ0n) is 17.1. The molecule has 2 aromatic carbocycles. The first-order chi connectivity index (χ1) is 14.6. The molecule has 2 saturated heterocycles. The highest BCUT2D eigenvalue weighted by atomic mass is 19.1. The molecule has 0 aliphatic carbocycles. The van der Waals surface area contributed by atoms with Crippen molar-refractivity contribution < 1.29 is 14.0 Å². The van der Waals surface area contributed by atoms with Crippen LogP contribution in [0, 0.1) is 5.82 Å². The van der Waals surface area contributed by atoms with Crippen molar-refractivity contribution in [2.75, 3.05) is 24.5 Å². The van der Waals surface area contributed by atoms with Gasteiger partial charge in [-0.05, 0) is 67.7 Å². The van der Waals surface area contributed by atoms with Crippen molar-refractivity contribution in [1.29, 1.82) is 0 Å². The van der Waals surface area contributed by atoms with E-state index in [1.807, 2.05) is 29.2 Å². The summed E-state index contributed by atoms with van der Waals surface area (Å²) in [6.45, 7) is 2.92. The van der Waals surface area contributed by atoms with E-state index in [0.717, 1.165) is 55.7 Å². The molecule has 4 rings (SSSR count). The SMILES string of the molecule is O=C(NCc1ccc(N2CCCC2=O)cc1)C(c1ccc(F)cc1)N1CCCCC1. The number of nitrogens with zero attached hydrogens (tertiary/aromatic N) is 2. The number of amides is 2. The molecule has 0 aromatic heterocycles. The van der Waals surface area contributed by atoms with Gasteiger partial charge in [-0.2, -0.15) is 0 Å². The van der Waals surface area contributed by atoms with Gasteiger partial charge >= 0.3 is 0 Å². The molecule has 2 amide bonds. The van der Waals surface area contributed by atoms with Gasteiger partial charge in [0, 0.05) is 25.2 Å². The van der Waals surface area contributed by atoms with Crippen LogP contribution < -0.4 is 10.2 Å². The molecular formula is C24H28FN3O2. The molecule has 2 aliphatic heterocycles. The van der Waals surface area contributed by atoms with Gasteiger partial charge in [0.2, 0.25) is 11.8 Å². The quantitative estimate of drug-likeness (QED) is 0.790. The average molecular weight is 410 g/mol. The van der Waals surface area contributed by atoms with Crippen LogP contribution in [0.4, 0.5) is 10.1 Å². The molecule has 158 valence electrons. The summed E-state index contributed by atoms with van der Waals surface area (Å²) in [4.78, 5) is 29.0. The molecule has 2 heterocycles. The minimum Gasteiger partial charge on any atom is -0.350 e. The second kappa shape index (κ2) is 9.39. The molecule has 0 bridgehead atoms. The average Bonchev–Trinajstić information content (AvgIpc) is 3.21. The molecule has 1 N–H and O–H groups in total. The van der Waals surface area contributed by atoms with Crippen molar-refractivity contribution in [2.24, 2.45) is 0 Å². The Hall–Kier alpha value is -2.73. The zero-order chi connectivity index (χ0) is 20.9. The standard InChI is InChI=1S/C24H28FN3O2/c25-20-10-8-19(9-11-20)23(27-14-2-1-3-15-27)24(30)26-17-18-6-12-21(13-7-18)28-16-4-5-22(28)29/h6-13,23H,1-5,14-17H2,(H,26,30). The predicted octanol–water partition coefficient (Wildman–Crippen LogP) is 3.80. The summed E-state index contributed by atoms with van der Waals surface area (Å²) < 4.78 is 13.4. The Balaban J connectivity index is 1.43. The number of benzene rings is 2. The van der Waals surface area contributed by atoms with Crippen LogP contribution in [0.25, 0.3) is 0 Å². The molecule has 0 saturated carbocycles. The number of hydrogen-bond donors (Lipinski definition) is 1. The lowest BCUT2D eigenvalue weighted by molar-refractivity contribution is -0.127. The summed E-state index contributed by atoms with van der Waals surface area (Å²) in [6.07, 6.45) is 4.83. The topological polar surface area (TPSA) is 52.7 Å². The van der Waals surface area contributed by atoms with Gasteiger partial charge < -0.3 is 10.2 Å². The third-order valence-electron chi connectivity index (χ3n) is 5.98. The Bertz CT molecular complexity index is 876. The Labute approximate surface area is 176 Å². The molecule has 1 unspecified atom stereocenters. The van der Waals surface area contributed by atoms with Crippen LogP contribution in [0.5, 0.6) is 0 Å². The molecule has 6 heteroatoms. The number of rotatable bonds is 6. The molecule has 0 radical (unpaired) electrons.